The van der Waals surface area contributed by atoms with Gasteiger partial charge in [-0.1, -0.05) is 42.5 Å². The third kappa shape index (κ3) is 7.03. The SMILES string of the molecule is CCOC(=O)c1ccc(NC(=O)C(=O)N/N=C/c2ccccc2OCc2ccccc2)cc1. The highest BCUT2D eigenvalue weighted by atomic mass is 16.5. The van der Waals surface area contributed by atoms with Gasteiger partial charge in [-0.05, 0) is 48.9 Å². The summed E-state index contributed by atoms with van der Waals surface area (Å²) in [6.45, 7) is 2.36. The van der Waals surface area contributed by atoms with E-state index in [0.717, 1.165) is 5.56 Å². The Labute approximate surface area is 191 Å². The van der Waals surface area contributed by atoms with Crippen LogP contribution in [-0.4, -0.2) is 30.6 Å². The Kier molecular flexibility index (Phi) is 8.30. The van der Waals surface area contributed by atoms with Gasteiger partial charge in [0.1, 0.15) is 12.4 Å². The fourth-order valence-corrected chi connectivity index (χ4v) is 2.76. The molecule has 3 aromatic rings. The number of benzene rings is 3. The summed E-state index contributed by atoms with van der Waals surface area (Å²) in [5.41, 5.74) is 4.55. The number of carbonyl (C=O) groups is 3. The Morgan fingerprint density at radius 3 is 2.30 bits per heavy atom. The number of anilines is 1. The van der Waals surface area contributed by atoms with Crippen LogP contribution >= 0.6 is 0 Å². The van der Waals surface area contributed by atoms with Crippen molar-refractivity contribution in [3.8, 4) is 5.75 Å². The number of para-hydroxylation sites is 1. The van der Waals surface area contributed by atoms with Crippen molar-refractivity contribution in [2.45, 2.75) is 13.5 Å². The second kappa shape index (κ2) is 11.8. The quantitative estimate of drug-likeness (QED) is 0.239. The molecule has 0 aliphatic heterocycles. The lowest BCUT2D eigenvalue weighted by Gasteiger charge is -2.09. The van der Waals surface area contributed by atoms with Crippen LogP contribution in [0.1, 0.15) is 28.4 Å². The van der Waals surface area contributed by atoms with E-state index < -0.39 is 17.8 Å². The lowest BCUT2D eigenvalue weighted by atomic mass is 10.2. The highest BCUT2D eigenvalue weighted by Crippen LogP contribution is 2.17. The van der Waals surface area contributed by atoms with E-state index in [4.69, 9.17) is 9.47 Å². The van der Waals surface area contributed by atoms with Gasteiger partial charge in [-0.25, -0.2) is 10.2 Å². The van der Waals surface area contributed by atoms with Gasteiger partial charge < -0.3 is 14.8 Å². The second-order valence-corrected chi connectivity index (χ2v) is 6.76. The van der Waals surface area contributed by atoms with E-state index in [2.05, 4.69) is 15.8 Å². The zero-order valence-electron chi connectivity index (χ0n) is 18.0. The van der Waals surface area contributed by atoms with Crippen molar-refractivity contribution in [3.05, 3.63) is 95.6 Å². The average Bonchev–Trinajstić information content (AvgIpc) is 2.84. The lowest BCUT2D eigenvalue weighted by molar-refractivity contribution is -0.136. The highest BCUT2D eigenvalue weighted by Gasteiger charge is 2.14. The zero-order chi connectivity index (χ0) is 23.5. The molecule has 0 bridgehead atoms. The first-order chi connectivity index (χ1) is 16.1. The van der Waals surface area contributed by atoms with Crippen LogP contribution in [0.4, 0.5) is 5.69 Å². The van der Waals surface area contributed by atoms with Crippen LogP contribution in [0, 0.1) is 0 Å². The molecule has 2 N–H and O–H groups in total. The number of nitrogens with zero attached hydrogens (tertiary/aromatic N) is 1. The number of nitrogens with one attached hydrogen (secondary N) is 2. The van der Waals surface area contributed by atoms with E-state index in [-0.39, 0.29) is 6.61 Å². The van der Waals surface area contributed by atoms with Crippen LogP contribution in [-0.2, 0) is 20.9 Å². The first-order valence-corrected chi connectivity index (χ1v) is 10.2. The molecule has 2 amide bonds. The largest absolute Gasteiger partial charge is 0.488 e. The van der Waals surface area contributed by atoms with Crippen molar-refractivity contribution >= 4 is 29.7 Å². The van der Waals surface area contributed by atoms with Crippen LogP contribution in [0.15, 0.2) is 84.0 Å². The molecule has 0 saturated carbocycles. The number of amides is 2. The van der Waals surface area contributed by atoms with Crippen molar-refractivity contribution in [3.63, 3.8) is 0 Å². The van der Waals surface area contributed by atoms with Gasteiger partial charge in [0.2, 0.25) is 0 Å². The Bertz CT molecular complexity index is 1130. The molecule has 0 aliphatic rings. The maximum atomic E-state index is 12.1. The smallest absolute Gasteiger partial charge is 0.338 e. The van der Waals surface area contributed by atoms with Crippen molar-refractivity contribution in [1.29, 1.82) is 0 Å². The zero-order valence-corrected chi connectivity index (χ0v) is 18.0. The summed E-state index contributed by atoms with van der Waals surface area (Å²) in [6.07, 6.45) is 1.40. The van der Waals surface area contributed by atoms with Crippen LogP contribution < -0.4 is 15.5 Å². The molecule has 0 unspecified atom stereocenters. The summed E-state index contributed by atoms with van der Waals surface area (Å²) in [6, 6.07) is 22.9. The maximum Gasteiger partial charge on any atom is 0.338 e. The molecule has 0 fully saturated rings. The summed E-state index contributed by atoms with van der Waals surface area (Å²) in [5.74, 6) is -1.71. The first kappa shape index (κ1) is 23.2. The van der Waals surface area contributed by atoms with E-state index in [1.807, 2.05) is 42.5 Å². The molecular formula is C25H23N3O5. The van der Waals surface area contributed by atoms with Crippen LogP contribution in [0.2, 0.25) is 0 Å². The number of rotatable bonds is 8. The van der Waals surface area contributed by atoms with Gasteiger partial charge in [-0.2, -0.15) is 5.10 Å². The Morgan fingerprint density at radius 1 is 0.879 bits per heavy atom. The molecular weight excluding hydrogens is 422 g/mol. The number of carbonyl (C=O) groups excluding carboxylic acids is 3. The van der Waals surface area contributed by atoms with Gasteiger partial charge in [0.15, 0.2) is 0 Å². The molecule has 0 spiro atoms. The summed E-state index contributed by atoms with van der Waals surface area (Å²) >= 11 is 0. The molecule has 0 saturated heterocycles. The third-order valence-corrected chi connectivity index (χ3v) is 4.39. The molecule has 0 heterocycles. The summed E-state index contributed by atoms with van der Waals surface area (Å²) in [4.78, 5) is 35.8. The lowest BCUT2D eigenvalue weighted by Crippen LogP contribution is -2.32. The first-order valence-electron chi connectivity index (χ1n) is 10.2. The number of hydrazone groups is 1. The van der Waals surface area contributed by atoms with Gasteiger partial charge in [-0.15, -0.1) is 0 Å². The van der Waals surface area contributed by atoms with Gasteiger partial charge in [-0.3, -0.25) is 9.59 Å². The Hall–Kier alpha value is -4.46. The van der Waals surface area contributed by atoms with Gasteiger partial charge in [0.25, 0.3) is 0 Å². The highest BCUT2D eigenvalue weighted by molar-refractivity contribution is 6.39. The Morgan fingerprint density at radius 2 is 1.58 bits per heavy atom. The average molecular weight is 445 g/mol. The van der Waals surface area contributed by atoms with E-state index in [0.29, 0.717) is 29.2 Å². The standard InChI is InChI=1S/C25H23N3O5/c1-2-32-25(31)19-12-14-21(15-13-19)27-23(29)24(30)28-26-16-20-10-6-7-11-22(20)33-17-18-8-4-3-5-9-18/h3-16H,2,17H2,1H3,(H,27,29)(H,28,30)/b26-16+. The molecule has 33 heavy (non-hydrogen) atoms. The summed E-state index contributed by atoms with van der Waals surface area (Å²) in [5, 5.41) is 6.29. The van der Waals surface area contributed by atoms with Crippen molar-refractivity contribution in [2.24, 2.45) is 5.10 Å². The van der Waals surface area contributed by atoms with Crippen LogP contribution in [0.25, 0.3) is 0 Å². The van der Waals surface area contributed by atoms with Crippen LogP contribution in [0.5, 0.6) is 5.75 Å². The van der Waals surface area contributed by atoms with Crippen molar-refractivity contribution in [1.82, 2.24) is 5.43 Å². The molecule has 0 radical (unpaired) electrons. The maximum absolute atomic E-state index is 12.1. The summed E-state index contributed by atoms with van der Waals surface area (Å²) < 4.78 is 10.7. The van der Waals surface area contributed by atoms with Crippen LogP contribution in [0.3, 0.4) is 0 Å². The second-order valence-electron chi connectivity index (χ2n) is 6.76. The molecule has 0 aromatic heterocycles. The van der Waals surface area contributed by atoms with Gasteiger partial charge >= 0.3 is 17.8 Å². The molecule has 0 aliphatic carbocycles. The number of hydrogen-bond acceptors (Lipinski definition) is 6. The Balaban J connectivity index is 1.53. The minimum Gasteiger partial charge on any atom is -0.488 e. The molecule has 168 valence electrons. The molecule has 8 heteroatoms. The number of hydrogen-bond donors (Lipinski definition) is 2. The van der Waals surface area contributed by atoms with E-state index in [9.17, 15) is 14.4 Å². The van der Waals surface area contributed by atoms with Gasteiger partial charge in [0.05, 0.1) is 18.4 Å². The molecule has 0 atom stereocenters. The summed E-state index contributed by atoms with van der Waals surface area (Å²) in [7, 11) is 0. The predicted molar refractivity (Wildman–Crippen MR) is 124 cm³/mol. The number of esters is 1. The van der Waals surface area contributed by atoms with E-state index in [1.165, 1.54) is 30.5 Å². The minimum absolute atomic E-state index is 0.266. The predicted octanol–water partition coefficient (Wildman–Crippen LogP) is 3.53. The topological polar surface area (TPSA) is 106 Å². The van der Waals surface area contributed by atoms with Gasteiger partial charge in [0, 0.05) is 11.3 Å². The number of ether oxygens (including phenoxy) is 2. The normalized spacial score (nSPS) is 10.5. The van der Waals surface area contributed by atoms with E-state index >= 15 is 0 Å². The van der Waals surface area contributed by atoms with Crippen molar-refractivity contribution < 1.29 is 23.9 Å². The fraction of sp³-hybridized carbons (Fsp3) is 0.120. The van der Waals surface area contributed by atoms with E-state index in [1.54, 1.807) is 19.1 Å². The van der Waals surface area contributed by atoms with Crippen molar-refractivity contribution in [2.75, 3.05) is 11.9 Å². The molecule has 3 rings (SSSR count). The third-order valence-electron chi connectivity index (χ3n) is 4.39. The minimum atomic E-state index is -0.941. The monoisotopic (exact) mass is 445 g/mol. The molecule has 3 aromatic carbocycles. The fourth-order valence-electron chi connectivity index (χ4n) is 2.76. The molecule has 8 nitrogen and oxygen atoms in total.